The van der Waals surface area contributed by atoms with Gasteiger partial charge in [0.15, 0.2) is 11.4 Å². The van der Waals surface area contributed by atoms with Crippen molar-refractivity contribution in [1.29, 1.82) is 0 Å². The molecule has 1 saturated carbocycles. The van der Waals surface area contributed by atoms with Crippen molar-refractivity contribution in [1.82, 2.24) is 19.9 Å². The zero-order valence-electron chi connectivity index (χ0n) is 14.0. The van der Waals surface area contributed by atoms with E-state index in [0.717, 1.165) is 25.7 Å². The molecule has 3 heterocycles. The Bertz CT molecular complexity index is 831. The van der Waals surface area contributed by atoms with Gasteiger partial charge in [-0.2, -0.15) is 0 Å². The average Bonchev–Trinajstić information content (AvgIpc) is 3.41. The maximum atomic E-state index is 12.4. The number of aromatic amines is 1. The van der Waals surface area contributed by atoms with E-state index >= 15 is 0 Å². The molecular formula is C18H21N5O2. The predicted molar refractivity (Wildman–Crippen MR) is 94.4 cm³/mol. The molecule has 0 spiro atoms. The number of ketones is 1. The summed E-state index contributed by atoms with van der Waals surface area (Å²) in [4.78, 5) is 37.8. The summed E-state index contributed by atoms with van der Waals surface area (Å²) < 4.78 is 0. The van der Waals surface area contributed by atoms with Gasteiger partial charge in [-0.15, -0.1) is 0 Å². The van der Waals surface area contributed by atoms with Gasteiger partial charge < -0.3 is 15.2 Å². The molecule has 0 bridgehead atoms. The average molecular weight is 339 g/mol. The highest BCUT2D eigenvalue weighted by Crippen LogP contribution is 2.34. The molecule has 1 aliphatic heterocycles. The highest BCUT2D eigenvalue weighted by Gasteiger charge is 2.32. The Morgan fingerprint density at radius 3 is 2.72 bits per heavy atom. The van der Waals surface area contributed by atoms with Crippen LogP contribution >= 0.6 is 0 Å². The van der Waals surface area contributed by atoms with Crippen LogP contribution < -0.4 is 5.32 Å². The number of carbonyl (C=O) groups excluding carboxylic acids is 2. The summed E-state index contributed by atoms with van der Waals surface area (Å²) in [5, 5.41) is 3.39. The third-order valence-corrected chi connectivity index (χ3v) is 4.93. The fraction of sp³-hybridized carbons (Fsp3) is 0.444. The Kier molecular flexibility index (Phi) is 3.99. The highest BCUT2D eigenvalue weighted by atomic mass is 16.2. The maximum absolute atomic E-state index is 12.4. The summed E-state index contributed by atoms with van der Waals surface area (Å²) in [5.74, 6) is 0.971. The van der Waals surface area contributed by atoms with Crippen LogP contribution in [-0.4, -0.2) is 50.7 Å². The lowest BCUT2D eigenvalue weighted by Crippen LogP contribution is -2.41. The number of carbonyl (C=O) groups is 2. The third kappa shape index (κ3) is 3.14. The Balaban J connectivity index is 1.47. The number of hydrogen-bond acceptors (Lipinski definition) is 5. The van der Waals surface area contributed by atoms with E-state index in [1.54, 1.807) is 17.3 Å². The molecule has 2 aromatic rings. The molecule has 0 atom stereocenters. The van der Waals surface area contributed by atoms with Gasteiger partial charge in [-0.1, -0.05) is 6.58 Å². The zero-order chi connectivity index (χ0) is 17.4. The van der Waals surface area contributed by atoms with E-state index in [1.165, 1.54) is 6.08 Å². The largest absolute Gasteiger partial charge is 0.366 e. The SMILES string of the molecule is C=CC(=O)N1CCC(Nc2cnc3[nH]cc(C(=O)C4CC4)c3n2)CC1. The number of rotatable bonds is 5. The molecule has 1 amide bonds. The highest BCUT2D eigenvalue weighted by molar-refractivity contribution is 6.08. The van der Waals surface area contributed by atoms with E-state index in [0.29, 0.717) is 35.6 Å². The lowest BCUT2D eigenvalue weighted by atomic mass is 10.1. The first kappa shape index (κ1) is 15.8. The lowest BCUT2D eigenvalue weighted by Gasteiger charge is -2.31. The molecule has 0 aromatic carbocycles. The molecule has 7 nitrogen and oxygen atoms in total. The molecule has 2 aromatic heterocycles. The summed E-state index contributed by atoms with van der Waals surface area (Å²) in [6.45, 7) is 4.93. The fourth-order valence-electron chi connectivity index (χ4n) is 3.30. The first-order chi connectivity index (χ1) is 12.2. The molecular weight excluding hydrogens is 318 g/mol. The number of Topliss-reactive ketones (excluding diaryl/α,β-unsaturated/α-hetero) is 1. The van der Waals surface area contributed by atoms with Gasteiger partial charge in [0.1, 0.15) is 11.3 Å². The van der Waals surface area contributed by atoms with Crippen molar-refractivity contribution < 1.29 is 9.59 Å². The van der Waals surface area contributed by atoms with Crippen LogP contribution in [0.3, 0.4) is 0 Å². The minimum Gasteiger partial charge on any atom is -0.366 e. The summed E-state index contributed by atoms with van der Waals surface area (Å²) in [5.41, 5.74) is 1.92. The van der Waals surface area contributed by atoms with E-state index in [1.807, 2.05) is 0 Å². The smallest absolute Gasteiger partial charge is 0.245 e. The van der Waals surface area contributed by atoms with Gasteiger partial charge in [0.05, 0.1) is 11.8 Å². The predicted octanol–water partition coefficient (Wildman–Crippen LogP) is 2.14. The van der Waals surface area contributed by atoms with Crippen molar-refractivity contribution >= 4 is 28.7 Å². The number of H-pyrrole nitrogens is 1. The lowest BCUT2D eigenvalue weighted by molar-refractivity contribution is -0.126. The van der Waals surface area contributed by atoms with E-state index in [4.69, 9.17) is 0 Å². The molecule has 130 valence electrons. The van der Waals surface area contributed by atoms with Gasteiger partial charge in [-0.05, 0) is 31.8 Å². The number of amides is 1. The summed E-state index contributed by atoms with van der Waals surface area (Å²) >= 11 is 0. The van der Waals surface area contributed by atoms with Crippen LogP contribution in [0.5, 0.6) is 0 Å². The number of likely N-dealkylation sites (tertiary alicyclic amines) is 1. The fourth-order valence-corrected chi connectivity index (χ4v) is 3.30. The molecule has 7 heteroatoms. The van der Waals surface area contributed by atoms with E-state index < -0.39 is 0 Å². The minimum absolute atomic E-state index is 0.0183. The van der Waals surface area contributed by atoms with Crippen LogP contribution in [0.25, 0.3) is 11.2 Å². The quantitative estimate of drug-likeness (QED) is 0.643. The Labute approximate surface area is 145 Å². The maximum Gasteiger partial charge on any atom is 0.245 e. The summed E-state index contributed by atoms with van der Waals surface area (Å²) in [6, 6.07) is 0.238. The van der Waals surface area contributed by atoms with Crippen LogP contribution in [0.2, 0.25) is 0 Å². The number of hydrogen-bond donors (Lipinski definition) is 2. The zero-order valence-corrected chi connectivity index (χ0v) is 14.0. The topological polar surface area (TPSA) is 91.0 Å². The number of nitrogens with one attached hydrogen (secondary N) is 2. The van der Waals surface area contributed by atoms with Crippen molar-refractivity contribution in [3.63, 3.8) is 0 Å². The van der Waals surface area contributed by atoms with Crippen molar-refractivity contribution in [2.75, 3.05) is 18.4 Å². The van der Waals surface area contributed by atoms with Crippen LogP contribution in [0.4, 0.5) is 5.82 Å². The normalized spacial score (nSPS) is 18.3. The van der Waals surface area contributed by atoms with Gasteiger partial charge in [0, 0.05) is 31.2 Å². The van der Waals surface area contributed by atoms with Gasteiger partial charge in [0.25, 0.3) is 0 Å². The molecule has 2 aliphatic rings. The Hall–Kier alpha value is -2.70. The number of aromatic nitrogens is 3. The Morgan fingerprint density at radius 1 is 1.28 bits per heavy atom. The molecule has 4 rings (SSSR count). The second-order valence-electron chi connectivity index (χ2n) is 6.74. The first-order valence-electron chi connectivity index (χ1n) is 8.72. The molecule has 2 N–H and O–H groups in total. The molecule has 2 fully saturated rings. The van der Waals surface area contributed by atoms with Gasteiger partial charge >= 0.3 is 0 Å². The van der Waals surface area contributed by atoms with Crippen molar-refractivity contribution in [2.24, 2.45) is 5.92 Å². The van der Waals surface area contributed by atoms with E-state index in [-0.39, 0.29) is 23.7 Å². The van der Waals surface area contributed by atoms with Crippen LogP contribution in [-0.2, 0) is 4.79 Å². The van der Waals surface area contributed by atoms with Crippen molar-refractivity contribution in [3.8, 4) is 0 Å². The first-order valence-corrected chi connectivity index (χ1v) is 8.72. The summed E-state index contributed by atoms with van der Waals surface area (Å²) in [6.07, 6.45) is 8.40. The second kappa shape index (κ2) is 6.31. The standard InChI is InChI=1S/C18H21N5O2/c1-2-15(24)23-7-5-12(6-8-23)21-14-10-20-18-16(22-14)13(9-19-18)17(25)11-3-4-11/h2,9-12H,1,3-8H2,(H,19,20)(H,21,22). The number of nitrogens with zero attached hydrogens (tertiary/aromatic N) is 3. The van der Waals surface area contributed by atoms with Crippen molar-refractivity contribution in [2.45, 2.75) is 31.7 Å². The number of piperidine rings is 1. The number of anilines is 1. The van der Waals surface area contributed by atoms with Crippen molar-refractivity contribution in [3.05, 3.63) is 30.6 Å². The second-order valence-corrected chi connectivity index (χ2v) is 6.74. The summed E-state index contributed by atoms with van der Waals surface area (Å²) in [7, 11) is 0. The minimum atomic E-state index is -0.0183. The molecule has 1 aliphatic carbocycles. The Morgan fingerprint density at radius 2 is 2.04 bits per heavy atom. The third-order valence-electron chi connectivity index (χ3n) is 4.93. The van der Waals surface area contributed by atoms with Crippen LogP contribution in [0.1, 0.15) is 36.0 Å². The molecule has 25 heavy (non-hydrogen) atoms. The van der Waals surface area contributed by atoms with Crippen LogP contribution in [0.15, 0.2) is 25.0 Å². The monoisotopic (exact) mass is 339 g/mol. The van der Waals surface area contributed by atoms with Gasteiger partial charge in [-0.3, -0.25) is 9.59 Å². The van der Waals surface area contributed by atoms with E-state index in [2.05, 4.69) is 26.8 Å². The van der Waals surface area contributed by atoms with Crippen LogP contribution in [0, 0.1) is 5.92 Å². The molecule has 0 unspecified atom stereocenters. The van der Waals surface area contributed by atoms with Gasteiger partial charge in [0.2, 0.25) is 5.91 Å². The van der Waals surface area contributed by atoms with E-state index in [9.17, 15) is 9.59 Å². The van der Waals surface area contributed by atoms with Gasteiger partial charge in [-0.25, -0.2) is 9.97 Å². The molecule has 1 saturated heterocycles. The number of fused-ring (bicyclic) bond motifs is 1. The molecule has 0 radical (unpaired) electrons.